The van der Waals surface area contributed by atoms with Crippen LogP contribution < -0.4 is 5.32 Å². The van der Waals surface area contributed by atoms with Crippen molar-refractivity contribution in [3.05, 3.63) is 100 Å². The molecule has 0 aliphatic carbocycles. The smallest absolute Gasteiger partial charge is 0.262 e. The van der Waals surface area contributed by atoms with Crippen LogP contribution in [0, 0.1) is 12.7 Å². The molecule has 0 unspecified atom stereocenters. The van der Waals surface area contributed by atoms with Gasteiger partial charge in [0.25, 0.3) is 5.91 Å². The first-order chi connectivity index (χ1) is 14.6. The highest BCUT2D eigenvalue weighted by Gasteiger charge is 2.22. The van der Waals surface area contributed by atoms with Crippen LogP contribution in [0.5, 0.6) is 0 Å². The molecule has 1 aliphatic rings. The van der Waals surface area contributed by atoms with Crippen LogP contribution in [0.4, 0.5) is 10.1 Å². The van der Waals surface area contributed by atoms with Crippen molar-refractivity contribution in [1.82, 2.24) is 4.57 Å². The van der Waals surface area contributed by atoms with Gasteiger partial charge in [-0.25, -0.2) is 4.39 Å². The Hall–Kier alpha value is -3.31. The number of hydrogen-bond donors (Lipinski definition) is 1. The van der Waals surface area contributed by atoms with Crippen LogP contribution in [0.25, 0.3) is 17.0 Å². The van der Waals surface area contributed by atoms with Crippen molar-refractivity contribution in [3.8, 4) is 0 Å². The van der Waals surface area contributed by atoms with Crippen LogP contribution in [-0.2, 0) is 11.3 Å². The van der Waals surface area contributed by atoms with Crippen molar-refractivity contribution in [2.75, 3.05) is 5.32 Å². The van der Waals surface area contributed by atoms with E-state index in [9.17, 15) is 9.18 Å². The zero-order chi connectivity index (χ0) is 20.7. The monoisotopic (exact) mass is 414 g/mol. The van der Waals surface area contributed by atoms with E-state index in [1.54, 1.807) is 0 Å². The number of fused-ring (bicyclic) bond motifs is 2. The molecule has 148 valence electrons. The third kappa shape index (κ3) is 3.31. The number of carbonyl (C=O) groups is 1. The van der Waals surface area contributed by atoms with E-state index in [0.29, 0.717) is 11.4 Å². The molecule has 30 heavy (non-hydrogen) atoms. The predicted octanol–water partition coefficient (Wildman–Crippen LogP) is 6.22. The van der Waals surface area contributed by atoms with Crippen molar-refractivity contribution in [3.63, 3.8) is 0 Å². The largest absolute Gasteiger partial charge is 0.340 e. The Morgan fingerprint density at radius 3 is 2.57 bits per heavy atom. The van der Waals surface area contributed by atoms with Crippen LogP contribution in [0.3, 0.4) is 0 Å². The summed E-state index contributed by atoms with van der Waals surface area (Å²) in [6.07, 6.45) is 1.98. The Labute approximate surface area is 178 Å². The number of nitrogens with zero attached hydrogens (tertiary/aromatic N) is 1. The lowest BCUT2D eigenvalue weighted by Crippen LogP contribution is -2.17. The molecule has 3 nitrogen and oxygen atoms in total. The van der Waals surface area contributed by atoms with E-state index in [1.807, 2.05) is 54.6 Å². The van der Waals surface area contributed by atoms with Crippen molar-refractivity contribution >= 4 is 40.3 Å². The van der Waals surface area contributed by atoms with Gasteiger partial charge >= 0.3 is 0 Å². The van der Waals surface area contributed by atoms with Crippen LogP contribution in [0.2, 0.25) is 0 Å². The van der Waals surface area contributed by atoms with Gasteiger partial charge in [-0.05, 0) is 48.9 Å². The first kappa shape index (κ1) is 18.7. The Kier molecular flexibility index (Phi) is 4.68. The fourth-order valence-electron chi connectivity index (χ4n) is 3.85. The topological polar surface area (TPSA) is 34.0 Å². The summed E-state index contributed by atoms with van der Waals surface area (Å²) >= 11 is 1.49. The summed E-state index contributed by atoms with van der Waals surface area (Å²) in [5.41, 5.74) is 5.07. The van der Waals surface area contributed by atoms with Crippen LogP contribution in [0.15, 0.2) is 82.6 Å². The second kappa shape index (κ2) is 7.50. The number of benzene rings is 3. The van der Waals surface area contributed by atoms with Gasteiger partial charge in [0.05, 0.1) is 10.6 Å². The summed E-state index contributed by atoms with van der Waals surface area (Å²) < 4.78 is 15.5. The van der Waals surface area contributed by atoms with E-state index in [1.165, 1.54) is 23.9 Å². The van der Waals surface area contributed by atoms with Gasteiger partial charge in [-0.15, -0.1) is 0 Å². The first-order valence-corrected chi connectivity index (χ1v) is 10.5. The molecule has 0 atom stereocenters. The fraction of sp³-hybridized carbons (Fsp3) is 0.0800. The van der Waals surface area contributed by atoms with E-state index in [-0.39, 0.29) is 11.7 Å². The third-order valence-corrected chi connectivity index (χ3v) is 6.49. The Morgan fingerprint density at radius 1 is 1.00 bits per heavy atom. The van der Waals surface area contributed by atoms with Gasteiger partial charge in [0, 0.05) is 33.6 Å². The van der Waals surface area contributed by atoms with Gasteiger partial charge in [-0.2, -0.15) is 0 Å². The Morgan fingerprint density at radius 2 is 1.73 bits per heavy atom. The van der Waals surface area contributed by atoms with Crippen LogP contribution in [0.1, 0.15) is 16.8 Å². The molecule has 1 amide bonds. The molecule has 1 aliphatic heterocycles. The molecule has 1 aromatic heterocycles. The summed E-state index contributed by atoms with van der Waals surface area (Å²) in [7, 11) is 0. The van der Waals surface area contributed by atoms with Crippen molar-refractivity contribution in [2.45, 2.75) is 18.4 Å². The maximum absolute atomic E-state index is 13.3. The molecule has 0 bridgehead atoms. The average Bonchev–Trinajstić information content (AvgIpc) is 3.02. The zero-order valence-corrected chi connectivity index (χ0v) is 17.2. The number of anilines is 1. The van der Waals surface area contributed by atoms with Gasteiger partial charge in [0.1, 0.15) is 5.82 Å². The second-order valence-electron chi connectivity index (χ2n) is 7.29. The number of thioether (sulfide) groups is 1. The standard InChI is InChI=1S/C25H19FN2OS/c1-16-20(14-24-25(29)27-21-7-3-5-9-23(21)30-24)19-6-2-4-8-22(19)28(16)15-17-10-12-18(26)13-11-17/h2-14H,15H2,1H3,(H,27,29)/b24-14-. The lowest BCUT2D eigenvalue weighted by Gasteiger charge is -2.18. The number of amides is 1. The number of aromatic nitrogens is 1. The second-order valence-corrected chi connectivity index (χ2v) is 8.37. The summed E-state index contributed by atoms with van der Waals surface area (Å²) in [5.74, 6) is -0.327. The molecule has 4 aromatic rings. The minimum atomic E-state index is -0.237. The maximum Gasteiger partial charge on any atom is 0.262 e. The molecule has 0 radical (unpaired) electrons. The number of halogens is 1. The summed E-state index contributed by atoms with van der Waals surface area (Å²) in [4.78, 5) is 14.4. The average molecular weight is 415 g/mol. The molecule has 1 N–H and O–H groups in total. The van der Waals surface area contributed by atoms with E-state index in [0.717, 1.165) is 38.3 Å². The van der Waals surface area contributed by atoms with Gasteiger partial charge in [0.2, 0.25) is 0 Å². The molecule has 0 saturated carbocycles. The molecule has 5 heteroatoms. The molecular weight excluding hydrogens is 395 g/mol. The predicted molar refractivity (Wildman–Crippen MR) is 121 cm³/mol. The van der Waals surface area contributed by atoms with Gasteiger partial charge in [0.15, 0.2) is 0 Å². The zero-order valence-electron chi connectivity index (χ0n) is 16.4. The summed E-state index contributed by atoms with van der Waals surface area (Å²) in [6.45, 7) is 2.70. The van der Waals surface area contributed by atoms with Crippen molar-refractivity contribution in [1.29, 1.82) is 0 Å². The van der Waals surface area contributed by atoms with E-state index in [4.69, 9.17) is 0 Å². The van der Waals surface area contributed by atoms with Crippen LogP contribution >= 0.6 is 11.8 Å². The third-order valence-electron chi connectivity index (χ3n) is 5.39. The lowest BCUT2D eigenvalue weighted by molar-refractivity contribution is -0.112. The minimum absolute atomic E-state index is 0.0894. The SMILES string of the molecule is Cc1c(/C=C2\Sc3ccccc3NC2=O)c2ccccc2n1Cc1ccc(F)cc1. The molecule has 3 aromatic carbocycles. The molecule has 5 rings (SSSR count). The maximum atomic E-state index is 13.3. The first-order valence-electron chi connectivity index (χ1n) is 9.72. The molecule has 2 heterocycles. The summed E-state index contributed by atoms with van der Waals surface area (Å²) in [6, 6.07) is 22.6. The Balaban J connectivity index is 1.60. The van der Waals surface area contributed by atoms with Crippen LogP contribution in [-0.4, -0.2) is 10.5 Å². The fourth-order valence-corrected chi connectivity index (χ4v) is 4.78. The lowest BCUT2D eigenvalue weighted by atomic mass is 10.1. The Bertz CT molecular complexity index is 1300. The van der Waals surface area contributed by atoms with E-state index < -0.39 is 0 Å². The van der Waals surface area contributed by atoms with Gasteiger partial charge in [-0.3, -0.25) is 4.79 Å². The molecule has 0 fully saturated rings. The van der Waals surface area contributed by atoms with E-state index in [2.05, 4.69) is 28.9 Å². The molecule has 0 spiro atoms. The summed E-state index contributed by atoms with van der Waals surface area (Å²) in [5, 5.41) is 4.07. The van der Waals surface area contributed by atoms with Crippen molar-refractivity contribution in [2.24, 2.45) is 0 Å². The highest BCUT2D eigenvalue weighted by atomic mass is 32.2. The number of hydrogen-bond acceptors (Lipinski definition) is 2. The molecular formula is C25H19FN2OS. The van der Waals surface area contributed by atoms with E-state index >= 15 is 0 Å². The number of carbonyl (C=O) groups excluding carboxylic acids is 1. The minimum Gasteiger partial charge on any atom is -0.340 e. The van der Waals surface area contributed by atoms with Crippen molar-refractivity contribution < 1.29 is 9.18 Å². The highest BCUT2D eigenvalue weighted by Crippen LogP contribution is 2.40. The number of nitrogens with one attached hydrogen (secondary N) is 1. The van der Waals surface area contributed by atoms with Gasteiger partial charge in [-0.1, -0.05) is 54.2 Å². The number of rotatable bonds is 3. The van der Waals surface area contributed by atoms with Gasteiger partial charge < -0.3 is 9.88 Å². The number of para-hydroxylation sites is 2. The molecule has 0 saturated heterocycles. The highest BCUT2D eigenvalue weighted by molar-refractivity contribution is 8.04. The quantitative estimate of drug-likeness (QED) is 0.404. The normalized spacial score (nSPS) is 14.7.